The van der Waals surface area contributed by atoms with Crippen LogP contribution in [0.2, 0.25) is 0 Å². The van der Waals surface area contributed by atoms with E-state index in [0.717, 1.165) is 15.8 Å². The third-order valence-electron chi connectivity index (χ3n) is 4.49. The number of rotatable bonds is 5. The molecule has 0 radical (unpaired) electrons. The third-order valence-corrected chi connectivity index (χ3v) is 6.07. The van der Waals surface area contributed by atoms with Crippen molar-refractivity contribution in [2.45, 2.75) is 6.54 Å². The predicted molar refractivity (Wildman–Crippen MR) is 118 cm³/mol. The number of amides is 2. The molecule has 0 saturated carbocycles. The van der Waals surface area contributed by atoms with Crippen molar-refractivity contribution in [2.75, 3.05) is 0 Å². The number of nitrogens with one attached hydrogen (secondary N) is 1. The summed E-state index contributed by atoms with van der Waals surface area (Å²) in [5, 5.41) is 25.9. The number of halogens is 1. The van der Waals surface area contributed by atoms with Crippen molar-refractivity contribution in [3.63, 3.8) is 0 Å². The molecule has 1 aliphatic heterocycles. The molecular formula is C21H15BrN4O4S. The zero-order chi connectivity index (χ0) is 22.1. The Morgan fingerprint density at radius 3 is 2.81 bits per heavy atom. The number of nitrogens with zero attached hydrogens (tertiary/aromatic N) is 3. The summed E-state index contributed by atoms with van der Waals surface area (Å²) in [6.07, 6.45) is 1.55. The number of phenols is 1. The molecule has 0 fully saturated rings. The second-order valence-electron chi connectivity index (χ2n) is 6.46. The van der Waals surface area contributed by atoms with E-state index >= 15 is 0 Å². The van der Waals surface area contributed by atoms with Gasteiger partial charge in [0.05, 0.1) is 16.5 Å². The van der Waals surface area contributed by atoms with Gasteiger partial charge in [0, 0.05) is 16.2 Å². The number of fused-ring (bicyclic) bond motifs is 1. The van der Waals surface area contributed by atoms with E-state index in [2.05, 4.69) is 38.0 Å². The number of benzene rings is 2. The van der Waals surface area contributed by atoms with Crippen molar-refractivity contribution in [3.8, 4) is 11.6 Å². The summed E-state index contributed by atoms with van der Waals surface area (Å²) < 4.78 is 2.18. The lowest BCUT2D eigenvalue weighted by Gasteiger charge is -2.03. The minimum atomic E-state index is -0.619. The number of carbonyl (C=O) groups excluding carboxylic acids is 2. The fourth-order valence-corrected chi connectivity index (χ4v) is 4.48. The van der Waals surface area contributed by atoms with E-state index in [9.17, 15) is 19.8 Å². The van der Waals surface area contributed by atoms with E-state index < -0.39 is 11.8 Å². The largest absolute Gasteiger partial charge is 0.507 e. The van der Waals surface area contributed by atoms with Gasteiger partial charge in [-0.25, -0.2) is 10.4 Å². The highest BCUT2D eigenvalue weighted by Gasteiger charge is 2.25. The van der Waals surface area contributed by atoms with E-state index in [1.807, 2.05) is 0 Å². The van der Waals surface area contributed by atoms with Crippen LogP contribution >= 0.6 is 27.3 Å². The van der Waals surface area contributed by atoms with Crippen LogP contribution in [0.3, 0.4) is 0 Å². The number of hydrogen-bond donors (Lipinski definition) is 3. The Kier molecular flexibility index (Phi) is 5.57. The molecule has 2 aromatic carbocycles. The van der Waals surface area contributed by atoms with E-state index in [-0.39, 0.29) is 39.0 Å². The number of carbonyl (C=O) groups is 2. The van der Waals surface area contributed by atoms with Crippen molar-refractivity contribution < 1.29 is 19.8 Å². The highest BCUT2D eigenvalue weighted by atomic mass is 79.9. The number of thiazole rings is 1. The Bertz CT molecular complexity index is 1440. The number of phenolic OH excluding ortho intramolecular Hbond substituents is 1. The smallest absolute Gasteiger partial charge is 0.279 e. The van der Waals surface area contributed by atoms with Crippen LogP contribution in [-0.4, -0.2) is 26.6 Å². The van der Waals surface area contributed by atoms with Gasteiger partial charge in [0.15, 0.2) is 0 Å². The van der Waals surface area contributed by atoms with Gasteiger partial charge in [-0.1, -0.05) is 45.5 Å². The summed E-state index contributed by atoms with van der Waals surface area (Å²) in [5.41, 5.74) is 2.68. The van der Waals surface area contributed by atoms with Crippen molar-refractivity contribution >= 4 is 44.7 Å². The standard InChI is InChI=1S/C21H15BrN4O4S/c1-2-9-26-20(30)17(16-13-10-11(22)7-8-14(13)23-19(16)29)31-21(26)25-24-18(28)12-5-3-4-6-15(12)27/h2-8,10,27,30H,1,9H2,(H,24,28)/b25-21+. The number of hydrogen-bond acceptors (Lipinski definition) is 6. The molecule has 0 aliphatic carbocycles. The first-order valence-electron chi connectivity index (χ1n) is 8.99. The lowest BCUT2D eigenvalue weighted by atomic mass is 10.1. The van der Waals surface area contributed by atoms with Gasteiger partial charge in [0.25, 0.3) is 11.8 Å². The van der Waals surface area contributed by atoms with E-state index in [0.29, 0.717) is 10.6 Å². The maximum Gasteiger partial charge on any atom is 0.279 e. The van der Waals surface area contributed by atoms with Crippen LogP contribution in [0, 0.1) is 0 Å². The summed E-state index contributed by atoms with van der Waals surface area (Å²) in [7, 11) is 0. The van der Waals surface area contributed by atoms with Crippen molar-refractivity contribution in [3.05, 3.63) is 85.4 Å². The van der Waals surface area contributed by atoms with Crippen LogP contribution in [0.15, 0.2) is 69.7 Å². The molecule has 4 rings (SSSR count). The monoisotopic (exact) mass is 498 g/mol. The summed E-state index contributed by atoms with van der Waals surface area (Å²) >= 11 is 4.41. The van der Waals surface area contributed by atoms with Gasteiger partial charge in [-0.15, -0.1) is 11.7 Å². The lowest BCUT2D eigenvalue weighted by Crippen LogP contribution is -2.24. The van der Waals surface area contributed by atoms with E-state index in [1.54, 1.807) is 36.4 Å². The molecule has 0 unspecified atom stereocenters. The topological polar surface area (TPSA) is 116 Å². The molecule has 2 amide bonds. The van der Waals surface area contributed by atoms with Crippen LogP contribution in [0.5, 0.6) is 11.6 Å². The average molecular weight is 499 g/mol. The minimum Gasteiger partial charge on any atom is -0.507 e. The first kappa shape index (κ1) is 20.8. The molecule has 0 spiro atoms. The third kappa shape index (κ3) is 3.82. The number of allylic oxidation sites excluding steroid dienone is 1. The molecule has 0 saturated heterocycles. The zero-order valence-electron chi connectivity index (χ0n) is 15.9. The van der Waals surface area contributed by atoms with Crippen molar-refractivity contribution in [1.29, 1.82) is 0 Å². The van der Waals surface area contributed by atoms with Crippen LogP contribution in [0.25, 0.3) is 5.57 Å². The summed E-state index contributed by atoms with van der Waals surface area (Å²) in [6, 6.07) is 11.3. The molecule has 31 heavy (non-hydrogen) atoms. The van der Waals surface area contributed by atoms with Gasteiger partial charge in [-0.2, -0.15) is 0 Å². The fraction of sp³-hybridized carbons (Fsp3) is 0.0476. The van der Waals surface area contributed by atoms with Gasteiger partial charge in [-0.3, -0.25) is 14.2 Å². The predicted octanol–water partition coefficient (Wildman–Crippen LogP) is 1.51. The minimum absolute atomic E-state index is 0.0560. The van der Waals surface area contributed by atoms with Crippen LogP contribution in [0.4, 0.5) is 0 Å². The molecule has 3 N–H and O–H groups in total. The summed E-state index contributed by atoms with van der Waals surface area (Å²) in [5.74, 6) is -1.46. The Labute approximate surface area is 188 Å². The second-order valence-corrected chi connectivity index (χ2v) is 8.35. The average Bonchev–Trinajstić information content (AvgIpc) is 3.22. The van der Waals surface area contributed by atoms with Gasteiger partial charge in [0.2, 0.25) is 10.7 Å². The maximum atomic E-state index is 12.6. The van der Waals surface area contributed by atoms with Crippen molar-refractivity contribution in [2.24, 2.45) is 10.1 Å². The first-order chi connectivity index (χ1) is 14.9. The molecule has 10 heteroatoms. The number of para-hydroxylation sites is 1. The molecular weight excluding hydrogens is 484 g/mol. The zero-order valence-corrected chi connectivity index (χ0v) is 18.3. The van der Waals surface area contributed by atoms with Gasteiger partial charge < -0.3 is 10.2 Å². The quantitative estimate of drug-likeness (QED) is 0.365. The molecule has 0 bridgehead atoms. The van der Waals surface area contributed by atoms with Crippen LogP contribution in [0.1, 0.15) is 15.2 Å². The van der Waals surface area contributed by atoms with E-state index in [4.69, 9.17) is 0 Å². The Balaban J connectivity index is 1.83. The van der Waals surface area contributed by atoms with Crippen LogP contribution in [-0.2, 0) is 11.3 Å². The van der Waals surface area contributed by atoms with Gasteiger partial charge in [0.1, 0.15) is 10.6 Å². The van der Waals surface area contributed by atoms with Crippen LogP contribution < -0.4 is 20.8 Å². The molecule has 3 aromatic rings. The molecule has 1 aromatic heterocycles. The molecule has 2 heterocycles. The van der Waals surface area contributed by atoms with E-state index in [1.165, 1.54) is 16.7 Å². The SMILES string of the molecule is C=CCn1c(O)c(C2=c3cc(Br)ccc3=NC2=O)s/c1=N/NC(=O)c1ccccc1O. The Morgan fingerprint density at radius 1 is 1.29 bits per heavy atom. The van der Waals surface area contributed by atoms with Gasteiger partial charge >= 0.3 is 0 Å². The number of aromatic hydroxyl groups is 2. The molecule has 156 valence electrons. The highest BCUT2D eigenvalue weighted by Crippen LogP contribution is 2.28. The maximum absolute atomic E-state index is 12.6. The molecule has 8 nitrogen and oxygen atoms in total. The lowest BCUT2D eigenvalue weighted by molar-refractivity contribution is -0.112. The Hall–Kier alpha value is -3.50. The second kappa shape index (κ2) is 8.32. The highest BCUT2D eigenvalue weighted by molar-refractivity contribution is 9.10. The number of aromatic nitrogens is 1. The molecule has 1 aliphatic rings. The van der Waals surface area contributed by atoms with Crippen molar-refractivity contribution in [1.82, 2.24) is 9.99 Å². The summed E-state index contributed by atoms with van der Waals surface area (Å²) in [4.78, 5) is 29.5. The fourth-order valence-electron chi connectivity index (χ4n) is 3.08. The van der Waals surface area contributed by atoms with Gasteiger partial charge in [-0.05, 0) is 30.3 Å². The summed E-state index contributed by atoms with van der Waals surface area (Å²) in [6.45, 7) is 3.87. The molecule has 0 atom stereocenters. The first-order valence-corrected chi connectivity index (χ1v) is 10.6. The normalized spacial score (nSPS) is 13.1. The Morgan fingerprint density at radius 2 is 2.06 bits per heavy atom.